The number of aromatic nitrogens is 1. The number of nitrogens with one attached hydrogen (secondary N) is 2. The lowest BCUT2D eigenvalue weighted by molar-refractivity contribution is 0.256. The zero-order valence-electron chi connectivity index (χ0n) is 21.4. The van der Waals surface area contributed by atoms with E-state index in [4.69, 9.17) is 14.2 Å². The van der Waals surface area contributed by atoms with Crippen molar-refractivity contribution in [1.82, 2.24) is 9.71 Å². The normalized spacial score (nSPS) is 11.2. The van der Waals surface area contributed by atoms with Crippen molar-refractivity contribution in [2.24, 2.45) is 0 Å². The number of carbonyl (C=O) groups is 1. The summed E-state index contributed by atoms with van der Waals surface area (Å²) >= 11 is 0. The Bertz CT molecular complexity index is 1560. The van der Waals surface area contributed by atoms with E-state index in [2.05, 4.69) is 17.2 Å². The van der Waals surface area contributed by atoms with E-state index in [0.29, 0.717) is 40.3 Å². The molecule has 0 saturated carbocycles. The number of halogens is 1. The van der Waals surface area contributed by atoms with Crippen LogP contribution < -0.4 is 24.2 Å². The van der Waals surface area contributed by atoms with Gasteiger partial charge < -0.3 is 19.5 Å². The maximum Gasteiger partial charge on any atom is 0.332 e. The molecule has 1 heterocycles. The van der Waals surface area contributed by atoms with E-state index in [1.54, 1.807) is 48.5 Å². The first-order chi connectivity index (χ1) is 18.8. The maximum absolute atomic E-state index is 14.9. The van der Waals surface area contributed by atoms with Crippen LogP contribution in [0.5, 0.6) is 23.0 Å². The molecule has 0 fully saturated rings. The number of urea groups is 1. The summed E-state index contributed by atoms with van der Waals surface area (Å²) in [4.78, 5) is 16.6. The van der Waals surface area contributed by atoms with Crippen molar-refractivity contribution in [3.8, 4) is 23.0 Å². The number of unbranched alkanes of at least 4 members (excludes halogenated alkanes) is 1. The Morgan fingerprint density at radius 2 is 1.77 bits per heavy atom. The molecular weight excluding hydrogens is 525 g/mol. The van der Waals surface area contributed by atoms with Gasteiger partial charge in [-0.3, -0.25) is 4.98 Å². The molecule has 204 valence electrons. The third-order valence-corrected chi connectivity index (χ3v) is 6.81. The highest BCUT2D eigenvalue weighted by Crippen LogP contribution is 2.37. The molecule has 0 aliphatic carbocycles. The second kappa shape index (κ2) is 12.4. The summed E-state index contributed by atoms with van der Waals surface area (Å²) in [5, 5.41) is 2.91. The van der Waals surface area contributed by atoms with Crippen LogP contribution in [0.1, 0.15) is 25.3 Å². The average molecular weight is 554 g/mol. The largest absolute Gasteiger partial charge is 0.493 e. The van der Waals surface area contributed by atoms with Crippen molar-refractivity contribution in [3.05, 3.63) is 84.3 Å². The summed E-state index contributed by atoms with van der Waals surface area (Å²) in [6.07, 6.45) is 3.42. The van der Waals surface area contributed by atoms with Gasteiger partial charge in [-0.1, -0.05) is 43.7 Å². The van der Waals surface area contributed by atoms with Gasteiger partial charge in [0.25, 0.3) is 0 Å². The molecular formula is C28H28FN3O6S. The summed E-state index contributed by atoms with van der Waals surface area (Å²) in [6, 6.07) is 16.2. The van der Waals surface area contributed by atoms with Gasteiger partial charge >= 0.3 is 6.03 Å². The zero-order valence-corrected chi connectivity index (χ0v) is 22.3. The van der Waals surface area contributed by atoms with Crippen LogP contribution in [0.25, 0.3) is 10.9 Å². The summed E-state index contributed by atoms with van der Waals surface area (Å²) in [7, 11) is -2.43. The van der Waals surface area contributed by atoms with Crippen LogP contribution >= 0.6 is 0 Å². The zero-order chi connectivity index (χ0) is 27.8. The van der Waals surface area contributed by atoms with Crippen LogP contribution in [0, 0.1) is 5.82 Å². The highest BCUT2D eigenvalue weighted by molar-refractivity contribution is 7.89. The molecule has 2 amide bonds. The van der Waals surface area contributed by atoms with Crippen molar-refractivity contribution in [1.29, 1.82) is 0 Å². The van der Waals surface area contributed by atoms with E-state index in [0.717, 1.165) is 18.9 Å². The topological polar surface area (TPSA) is 116 Å². The number of benzene rings is 3. The lowest BCUT2D eigenvalue weighted by Crippen LogP contribution is -2.35. The lowest BCUT2D eigenvalue weighted by Gasteiger charge is -2.14. The number of methoxy groups -OCH3 is 1. The lowest BCUT2D eigenvalue weighted by atomic mass is 10.1. The van der Waals surface area contributed by atoms with Gasteiger partial charge in [0.05, 0.1) is 25.0 Å². The third kappa shape index (κ3) is 7.35. The molecule has 0 aliphatic heterocycles. The van der Waals surface area contributed by atoms with E-state index >= 15 is 0 Å². The monoisotopic (exact) mass is 553 g/mol. The van der Waals surface area contributed by atoms with Gasteiger partial charge in [-0.2, -0.15) is 0 Å². The number of amides is 2. The first kappa shape index (κ1) is 27.6. The van der Waals surface area contributed by atoms with E-state index in [-0.39, 0.29) is 17.2 Å². The van der Waals surface area contributed by atoms with Gasteiger partial charge in [-0.05, 0) is 36.2 Å². The second-order valence-electron chi connectivity index (χ2n) is 8.58. The predicted molar refractivity (Wildman–Crippen MR) is 146 cm³/mol. The first-order valence-electron chi connectivity index (χ1n) is 12.2. The molecule has 9 nitrogen and oxygen atoms in total. The van der Waals surface area contributed by atoms with Crippen LogP contribution in [0.15, 0.2) is 72.9 Å². The van der Waals surface area contributed by atoms with Gasteiger partial charge in [0.15, 0.2) is 23.1 Å². The Balaban J connectivity index is 1.46. The predicted octanol–water partition coefficient (Wildman–Crippen LogP) is 6.01. The van der Waals surface area contributed by atoms with E-state index in [1.807, 2.05) is 4.72 Å². The number of carbonyl (C=O) groups excluding carboxylic acids is 1. The minimum Gasteiger partial charge on any atom is -0.493 e. The number of pyridine rings is 1. The Labute approximate surface area is 226 Å². The second-order valence-corrected chi connectivity index (χ2v) is 10.3. The first-order valence-corrected chi connectivity index (χ1v) is 13.9. The number of hydrogen-bond donors (Lipinski definition) is 2. The molecule has 0 atom stereocenters. The van der Waals surface area contributed by atoms with Gasteiger partial charge in [0.1, 0.15) is 5.75 Å². The molecule has 0 radical (unpaired) electrons. The fraction of sp³-hybridized carbons (Fsp3) is 0.214. The molecule has 3 aromatic carbocycles. The smallest absolute Gasteiger partial charge is 0.332 e. The molecule has 1 aromatic heterocycles. The minimum atomic E-state index is -3.96. The molecule has 0 unspecified atom stereocenters. The number of ether oxygens (including phenoxy) is 3. The summed E-state index contributed by atoms with van der Waals surface area (Å²) < 4.78 is 58.5. The van der Waals surface area contributed by atoms with Crippen molar-refractivity contribution in [2.45, 2.75) is 25.5 Å². The molecule has 0 aliphatic rings. The Hall–Kier alpha value is -4.38. The van der Waals surface area contributed by atoms with Crippen molar-refractivity contribution in [3.63, 3.8) is 0 Å². The Kier molecular flexibility index (Phi) is 8.82. The molecule has 0 saturated heterocycles. The molecule has 0 bridgehead atoms. The van der Waals surface area contributed by atoms with Crippen molar-refractivity contribution >= 4 is 32.6 Å². The molecule has 0 spiro atoms. The summed E-state index contributed by atoms with van der Waals surface area (Å²) in [5.41, 5.74) is 1.14. The average Bonchev–Trinajstić information content (AvgIpc) is 2.90. The number of fused-ring (bicyclic) bond motifs is 1. The van der Waals surface area contributed by atoms with Gasteiger partial charge in [-0.25, -0.2) is 22.3 Å². The number of anilines is 1. The fourth-order valence-electron chi connectivity index (χ4n) is 3.72. The van der Waals surface area contributed by atoms with Crippen molar-refractivity contribution in [2.75, 3.05) is 19.0 Å². The van der Waals surface area contributed by atoms with Crippen LogP contribution in [-0.4, -0.2) is 33.1 Å². The van der Waals surface area contributed by atoms with Crippen molar-refractivity contribution < 1.29 is 31.8 Å². The van der Waals surface area contributed by atoms with E-state index in [1.165, 1.54) is 25.4 Å². The standard InChI is InChI=1S/C28H28FN3O6S/c1-3-4-14-37-27-17-23-21(16-26(27)36-2)24(12-13-30-23)38-25-11-10-20(15-22(25)29)31-28(33)32-39(34,35)18-19-8-6-5-7-9-19/h5-13,15-17H,3-4,14,18H2,1-2H3,(H2,31,32,33). The Morgan fingerprint density at radius 3 is 2.49 bits per heavy atom. The number of nitrogens with zero attached hydrogens (tertiary/aromatic N) is 1. The van der Waals surface area contributed by atoms with Gasteiger partial charge in [0.2, 0.25) is 10.0 Å². The molecule has 39 heavy (non-hydrogen) atoms. The third-order valence-electron chi connectivity index (χ3n) is 5.60. The van der Waals surface area contributed by atoms with Crippen LogP contribution in [0.2, 0.25) is 0 Å². The van der Waals surface area contributed by atoms with Crippen LogP contribution in [0.4, 0.5) is 14.9 Å². The maximum atomic E-state index is 14.9. The number of sulfonamides is 1. The highest BCUT2D eigenvalue weighted by Gasteiger charge is 2.17. The quantitative estimate of drug-likeness (QED) is 0.219. The fourth-order valence-corrected chi connectivity index (χ4v) is 4.76. The SMILES string of the molecule is CCCCOc1cc2nccc(Oc3ccc(NC(=O)NS(=O)(=O)Cc4ccccc4)cc3F)c2cc1OC. The van der Waals surface area contributed by atoms with Gasteiger partial charge in [-0.15, -0.1) is 0 Å². The Morgan fingerprint density at radius 1 is 0.974 bits per heavy atom. The highest BCUT2D eigenvalue weighted by atomic mass is 32.2. The van der Waals surface area contributed by atoms with Crippen LogP contribution in [0.3, 0.4) is 0 Å². The van der Waals surface area contributed by atoms with Gasteiger partial charge in [0, 0.05) is 29.4 Å². The molecule has 11 heteroatoms. The number of hydrogen-bond acceptors (Lipinski definition) is 7. The van der Waals surface area contributed by atoms with Crippen LogP contribution in [-0.2, 0) is 15.8 Å². The molecule has 4 rings (SSSR count). The van der Waals surface area contributed by atoms with E-state index in [9.17, 15) is 17.6 Å². The molecule has 4 aromatic rings. The number of rotatable bonds is 11. The minimum absolute atomic E-state index is 0.0439. The summed E-state index contributed by atoms with van der Waals surface area (Å²) in [6.45, 7) is 2.61. The van der Waals surface area contributed by atoms with E-state index < -0.39 is 21.9 Å². The molecule has 2 N–H and O–H groups in total. The summed E-state index contributed by atoms with van der Waals surface area (Å²) in [5.74, 6) is 0.129.